The molecule has 10 aromatic rings. The molecule has 0 fully saturated rings. The molecule has 6 heterocycles. The van der Waals surface area contributed by atoms with Crippen LogP contribution >= 0.6 is 0 Å². The quantitative estimate of drug-likeness (QED) is 0.180. The number of pyridine rings is 1. The van der Waals surface area contributed by atoms with E-state index in [9.17, 15) is 0 Å². The van der Waals surface area contributed by atoms with Crippen molar-refractivity contribution < 1.29 is 9.15 Å². The van der Waals surface area contributed by atoms with Gasteiger partial charge in [-0.15, -0.1) is 0 Å². The van der Waals surface area contributed by atoms with Gasteiger partial charge in [-0.25, -0.2) is 4.98 Å². The van der Waals surface area contributed by atoms with Crippen LogP contribution in [0.15, 0.2) is 174 Å². The molecule has 57 heavy (non-hydrogen) atoms. The highest BCUT2D eigenvalue weighted by Gasteiger charge is 2.30. The van der Waals surface area contributed by atoms with Gasteiger partial charge in [0.15, 0.2) is 0 Å². The Hall–Kier alpha value is -7.31. The molecule has 0 radical (unpaired) electrons. The molecule has 0 saturated carbocycles. The number of benzene rings is 7. The number of rotatable bonds is 4. The fourth-order valence-electron chi connectivity index (χ4n) is 9.22. The Balaban J connectivity index is 0.950. The van der Waals surface area contributed by atoms with Gasteiger partial charge in [0, 0.05) is 51.2 Å². The van der Waals surface area contributed by atoms with E-state index in [1.165, 1.54) is 27.6 Å². The fourth-order valence-corrected chi connectivity index (χ4v) is 9.22. The number of ether oxygens (including phenoxy) is 1. The molecule has 0 spiro atoms. The van der Waals surface area contributed by atoms with Crippen molar-refractivity contribution >= 4 is 66.5 Å². The molecule has 7 aromatic carbocycles. The van der Waals surface area contributed by atoms with E-state index in [4.69, 9.17) is 14.1 Å². The molecule has 3 aromatic heterocycles. The van der Waals surface area contributed by atoms with Gasteiger partial charge in [0.05, 0.1) is 33.5 Å². The molecule has 6 nitrogen and oxygen atoms in total. The van der Waals surface area contributed by atoms with Gasteiger partial charge < -0.3 is 19.0 Å². The van der Waals surface area contributed by atoms with Gasteiger partial charge in [-0.2, -0.15) is 0 Å². The van der Waals surface area contributed by atoms with Crippen LogP contribution in [0, 0.1) is 0 Å². The average molecular weight is 737 g/mol. The summed E-state index contributed by atoms with van der Waals surface area (Å²) in [6.45, 7) is 5.21. The standard InChI is InChI=1S/C51H36N4O2/c1-51(2)33-22-20-32(21-23-33)38-13-8-14-40-39-25-24-37(30-45(39)55(50(38)40)48-28-34(51)26-27-52-48)56-36-11-7-10-35(29-36)53-31-54(43-16-5-4-15-42(43)53)44-17-9-19-47-49(44)41-12-3-6-18-46(41)57-47/h3-30H,31H2,1-2H3. The lowest BCUT2D eigenvalue weighted by molar-refractivity contribution is 0.483. The van der Waals surface area contributed by atoms with Gasteiger partial charge in [0.2, 0.25) is 0 Å². The van der Waals surface area contributed by atoms with Crippen molar-refractivity contribution in [2.75, 3.05) is 16.5 Å². The maximum atomic E-state index is 6.77. The molecule has 272 valence electrons. The Kier molecular flexibility index (Phi) is 6.65. The zero-order valence-corrected chi connectivity index (χ0v) is 31.5. The molecular weight excluding hydrogens is 701 g/mol. The normalized spacial score (nSPS) is 14.1. The van der Waals surface area contributed by atoms with Crippen LogP contribution in [-0.2, 0) is 5.41 Å². The van der Waals surface area contributed by atoms with Gasteiger partial charge >= 0.3 is 0 Å². The van der Waals surface area contributed by atoms with Gasteiger partial charge in [0.1, 0.15) is 35.2 Å². The Bertz CT molecular complexity index is 3250. The highest BCUT2D eigenvalue weighted by Crippen LogP contribution is 2.48. The van der Waals surface area contributed by atoms with E-state index < -0.39 is 0 Å². The summed E-state index contributed by atoms with van der Waals surface area (Å²) in [5.41, 5.74) is 13.1. The van der Waals surface area contributed by atoms with E-state index in [0.29, 0.717) is 6.67 Å². The first-order valence-electron chi connectivity index (χ1n) is 19.5. The molecule has 4 bridgehead atoms. The second-order valence-corrected chi connectivity index (χ2v) is 15.7. The average Bonchev–Trinajstić information content (AvgIpc) is 3.93. The molecule has 0 unspecified atom stereocenters. The molecule has 3 aliphatic rings. The smallest absolute Gasteiger partial charge is 0.137 e. The lowest BCUT2D eigenvalue weighted by Crippen LogP contribution is -2.24. The zero-order chi connectivity index (χ0) is 37.8. The van der Waals surface area contributed by atoms with Crippen molar-refractivity contribution in [1.82, 2.24) is 9.55 Å². The summed E-state index contributed by atoms with van der Waals surface area (Å²) in [4.78, 5) is 9.72. The molecule has 0 saturated heterocycles. The summed E-state index contributed by atoms with van der Waals surface area (Å²) < 4.78 is 15.4. The van der Waals surface area contributed by atoms with Crippen molar-refractivity contribution in [2.45, 2.75) is 19.3 Å². The molecule has 0 amide bonds. The predicted octanol–water partition coefficient (Wildman–Crippen LogP) is 13.4. The number of para-hydroxylation sites is 4. The Labute approximate surface area is 329 Å². The van der Waals surface area contributed by atoms with Gasteiger partial charge in [-0.1, -0.05) is 98.8 Å². The zero-order valence-electron chi connectivity index (χ0n) is 31.5. The van der Waals surface area contributed by atoms with Gasteiger partial charge in [0.25, 0.3) is 0 Å². The SMILES string of the molecule is CC1(C)c2ccc(cc2)-c2cccc3c4ccc(Oc5cccc(N6CN(c7cccc8oc9ccccc9c78)c7ccccc76)c5)cc4n(c23)-c2cc1ccn2. The number of hydrogen-bond donors (Lipinski definition) is 0. The van der Waals surface area contributed by atoms with Crippen molar-refractivity contribution in [2.24, 2.45) is 0 Å². The van der Waals surface area contributed by atoms with Crippen LogP contribution in [0.1, 0.15) is 25.0 Å². The first-order chi connectivity index (χ1) is 28.0. The van der Waals surface area contributed by atoms with Crippen LogP contribution in [0.25, 0.3) is 60.7 Å². The summed E-state index contributed by atoms with van der Waals surface area (Å²) in [7, 11) is 0. The minimum absolute atomic E-state index is 0.193. The van der Waals surface area contributed by atoms with E-state index in [1.807, 2.05) is 24.4 Å². The highest BCUT2D eigenvalue weighted by atomic mass is 16.5. The third kappa shape index (κ3) is 4.74. The monoisotopic (exact) mass is 736 g/mol. The lowest BCUT2D eigenvalue weighted by Gasteiger charge is -2.26. The molecule has 6 heteroatoms. The summed E-state index contributed by atoms with van der Waals surface area (Å²) >= 11 is 0. The maximum absolute atomic E-state index is 6.77. The highest BCUT2D eigenvalue weighted by molar-refractivity contribution is 6.15. The number of nitrogens with zero attached hydrogens (tertiary/aromatic N) is 4. The summed E-state index contributed by atoms with van der Waals surface area (Å²) in [5, 5.41) is 4.58. The Morgan fingerprint density at radius 3 is 2.21 bits per heavy atom. The third-order valence-electron chi connectivity index (χ3n) is 12.2. The van der Waals surface area contributed by atoms with Crippen molar-refractivity contribution in [3.8, 4) is 28.4 Å². The second kappa shape index (κ2) is 11.8. The minimum Gasteiger partial charge on any atom is -0.457 e. The molecule has 13 rings (SSSR count). The number of anilines is 4. The van der Waals surface area contributed by atoms with E-state index >= 15 is 0 Å². The van der Waals surface area contributed by atoms with E-state index in [1.54, 1.807) is 0 Å². The molecule has 3 aliphatic heterocycles. The van der Waals surface area contributed by atoms with Crippen LogP contribution in [-0.4, -0.2) is 16.2 Å². The van der Waals surface area contributed by atoms with E-state index in [2.05, 4.69) is 174 Å². The van der Waals surface area contributed by atoms with Crippen molar-refractivity contribution in [1.29, 1.82) is 0 Å². The van der Waals surface area contributed by atoms with Crippen molar-refractivity contribution in [3.05, 3.63) is 181 Å². The largest absolute Gasteiger partial charge is 0.457 e. The van der Waals surface area contributed by atoms with Crippen LogP contribution in [0.4, 0.5) is 22.7 Å². The van der Waals surface area contributed by atoms with Gasteiger partial charge in [-0.05, 0) is 83.4 Å². The van der Waals surface area contributed by atoms with E-state index in [-0.39, 0.29) is 5.41 Å². The van der Waals surface area contributed by atoms with Crippen LogP contribution in [0.3, 0.4) is 0 Å². The number of aromatic nitrogens is 2. The van der Waals surface area contributed by atoms with Crippen molar-refractivity contribution in [3.63, 3.8) is 0 Å². The topological polar surface area (TPSA) is 46.7 Å². The Morgan fingerprint density at radius 2 is 1.32 bits per heavy atom. The third-order valence-corrected chi connectivity index (χ3v) is 12.2. The number of fused-ring (bicyclic) bond motifs is 8. The molecule has 0 atom stereocenters. The fraction of sp³-hybridized carbons (Fsp3) is 0.0784. The maximum Gasteiger partial charge on any atom is 0.137 e. The van der Waals surface area contributed by atoms with E-state index in [0.717, 1.165) is 78.4 Å². The van der Waals surface area contributed by atoms with Gasteiger partial charge in [-0.3, -0.25) is 4.57 Å². The summed E-state index contributed by atoms with van der Waals surface area (Å²) in [5.74, 6) is 2.42. The first kappa shape index (κ1) is 32.0. The minimum atomic E-state index is -0.193. The second-order valence-electron chi connectivity index (χ2n) is 15.7. The number of furan rings is 1. The molecular formula is C51H36N4O2. The lowest BCUT2D eigenvalue weighted by atomic mass is 9.78. The summed E-state index contributed by atoms with van der Waals surface area (Å²) in [6, 6.07) is 58.1. The van der Waals surface area contributed by atoms with Crippen LogP contribution in [0.5, 0.6) is 11.5 Å². The number of hydrogen-bond acceptors (Lipinski definition) is 5. The molecule has 0 N–H and O–H groups in total. The molecule has 0 aliphatic carbocycles. The predicted molar refractivity (Wildman–Crippen MR) is 232 cm³/mol. The first-order valence-corrected chi connectivity index (χ1v) is 19.5. The van der Waals surface area contributed by atoms with Crippen LogP contribution in [0.2, 0.25) is 0 Å². The summed E-state index contributed by atoms with van der Waals surface area (Å²) in [6.07, 6.45) is 1.94. The van der Waals surface area contributed by atoms with Crippen LogP contribution < -0.4 is 14.5 Å². The Morgan fingerprint density at radius 1 is 0.579 bits per heavy atom.